The number of ether oxygens (including phenoxy) is 1. The first-order chi connectivity index (χ1) is 13.3. The van der Waals surface area contributed by atoms with E-state index in [9.17, 15) is 18.0 Å². The van der Waals surface area contributed by atoms with Crippen LogP contribution in [0.5, 0.6) is 5.75 Å². The predicted octanol–water partition coefficient (Wildman–Crippen LogP) is 2.97. The topological polar surface area (TPSA) is 78.8 Å². The van der Waals surface area contributed by atoms with Crippen molar-refractivity contribution < 1.29 is 32.9 Å². The minimum Gasteiger partial charge on any atom is -0.496 e. The van der Waals surface area contributed by atoms with Gasteiger partial charge >= 0.3 is 6.18 Å². The second-order valence-electron chi connectivity index (χ2n) is 5.95. The molecule has 150 valence electrons. The van der Waals surface area contributed by atoms with Crippen molar-refractivity contribution in [1.29, 1.82) is 0 Å². The normalized spacial score (nSPS) is 11.8. The summed E-state index contributed by atoms with van der Waals surface area (Å²) in [4.78, 5) is 12.2. The van der Waals surface area contributed by atoms with Crippen LogP contribution in [-0.2, 0) is 6.18 Å². The largest absolute Gasteiger partial charge is 0.496 e. The van der Waals surface area contributed by atoms with Crippen LogP contribution in [0, 0.1) is 0 Å². The zero-order valence-corrected chi connectivity index (χ0v) is 15.0. The molecular weight excluding hydrogens is 375 g/mol. The lowest BCUT2D eigenvalue weighted by Crippen LogP contribution is -2.40. The van der Waals surface area contributed by atoms with Crippen LogP contribution in [0.25, 0.3) is 12.2 Å². The minimum absolute atomic E-state index is 0.278. The van der Waals surface area contributed by atoms with Crippen LogP contribution in [-0.4, -0.2) is 42.5 Å². The summed E-state index contributed by atoms with van der Waals surface area (Å²) in [6, 6.07) is 8.53. The highest BCUT2D eigenvalue weighted by molar-refractivity contribution is 5.95. The molecule has 0 saturated carbocycles. The van der Waals surface area contributed by atoms with Crippen molar-refractivity contribution in [2.45, 2.75) is 12.2 Å². The zero-order chi connectivity index (χ0) is 20.7. The number of carbonyl (C=O) groups is 1. The van der Waals surface area contributed by atoms with E-state index >= 15 is 0 Å². The number of amides is 1. The third-order valence-corrected chi connectivity index (χ3v) is 3.96. The molecule has 0 aliphatic heterocycles. The van der Waals surface area contributed by atoms with Crippen LogP contribution in [0.3, 0.4) is 0 Å². The fraction of sp³-hybridized carbons (Fsp3) is 0.250. The van der Waals surface area contributed by atoms with Crippen LogP contribution < -0.4 is 10.1 Å². The second kappa shape index (κ2) is 9.38. The molecule has 0 spiro atoms. The molecule has 0 heterocycles. The number of hydrogen-bond acceptors (Lipinski definition) is 4. The molecule has 28 heavy (non-hydrogen) atoms. The number of hydrogen-bond donors (Lipinski definition) is 3. The molecule has 2 aromatic carbocycles. The Morgan fingerprint density at radius 3 is 2.29 bits per heavy atom. The van der Waals surface area contributed by atoms with Crippen LogP contribution in [0.4, 0.5) is 13.2 Å². The number of benzene rings is 2. The number of nitrogens with one attached hydrogen (secondary N) is 1. The third-order valence-electron chi connectivity index (χ3n) is 3.96. The van der Waals surface area contributed by atoms with E-state index in [1.54, 1.807) is 24.3 Å². The number of rotatable bonds is 7. The average Bonchev–Trinajstić information content (AvgIpc) is 2.69. The van der Waals surface area contributed by atoms with E-state index in [1.807, 2.05) is 0 Å². The first-order valence-corrected chi connectivity index (χ1v) is 8.34. The molecule has 0 aliphatic rings. The smallest absolute Gasteiger partial charge is 0.416 e. The van der Waals surface area contributed by atoms with Gasteiger partial charge < -0.3 is 20.3 Å². The van der Waals surface area contributed by atoms with Gasteiger partial charge in [-0.2, -0.15) is 13.2 Å². The van der Waals surface area contributed by atoms with Crippen molar-refractivity contribution in [2.75, 3.05) is 20.3 Å². The monoisotopic (exact) mass is 395 g/mol. The number of carbonyl (C=O) groups excluding carboxylic acids is 1. The number of aliphatic hydroxyl groups excluding tert-OH is 2. The summed E-state index contributed by atoms with van der Waals surface area (Å²) in [5.74, 6) is -0.0134. The molecule has 0 saturated heterocycles. The highest BCUT2D eigenvalue weighted by atomic mass is 19.4. The Labute approximate surface area is 160 Å². The molecule has 2 aromatic rings. The third kappa shape index (κ3) is 5.58. The maximum atomic E-state index is 12.6. The lowest BCUT2D eigenvalue weighted by atomic mass is 10.1. The van der Waals surface area contributed by atoms with Gasteiger partial charge in [0.25, 0.3) is 5.91 Å². The fourth-order valence-electron chi connectivity index (χ4n) is 2.39. The van der Waals surface area contributed by atoms with E-state index in [1.165, 1.54) is 25.3 Å². The number of alkyl halides is 3. The van der Waals surface area contributed by atoms with Gasteiger partial charge in [0, 0.05) is 11.1 Å². The van der Waals surface area contributed by atoms with Crippen molar-refractivity contribution in [3.8, 4) is 5.75 Å². The first-order valence-electron chi connectivity index (χ1n) is 8.34. The standard InChI is InChI=1S/C20H20F3NO4/c1-28-18-9-6-15(19(27)24-17(11-25)12-26)10-14(18)5-2-13-3-7-16(8-4-13)20(21,22)23/h2-10,17,25-26H,11-12H2,1H3,(H,24,27)/b5-2+. The molecule has 3 N–H and O–H groups in total. The lowest BCUT2D eigenvalue weighted by molar-refractivity contribution is -0.137. The van der Waals surface area contributed by atoms with E-state index in [4.69, 9.17) is 14.9 Å². The summed E-state index contributed by atoms with van der Waals surface area (Å²) in [6.07, 6.45) is -1.17. The summed E-state index contributed by atoms with van der Waals surface area (Å²) in [5.41, 5.74) is 0.633. The van der Waals surface area contributed by atoms with Gasteiger partial charge in [0.15, 0.2) is 0 Å². The highest BCUT2D eigenvalue weighted by Crippen LogP contribution is 2.29. The summed E-state index contributed by atoms with van der Waals surface area (Å²) in [7, 11) is 1.46. The first kappa shape index (κ1) is 21.5. The molecule has 0 radical (unpaired) electrons. The highest BCUT2D eigenvalue weighted by Gasteiger charge is 2.29. The molecule has 0 fully saturated rings. The molecule has 2 rings (SSSR count). The van der Waals surface area contributed by atoms with Crippen molar-refractivity contribution in [2.24, 2.45) is 0 Å². The molecule has 0 atom stereocenters. The maximum Gasteiger partial charge on any atom is 0.416 e. The predicted molar refractivity (Wildman–Crippen MR) is 98.8 cm³/mol. The van der Waals surface area contributed by atoms with Gasteiger partial charge in [-0.25, -0.2) is 0 Å². The van der Waals surface area contributed by atoms with Crippen LogP contribution in [0.15, 0.2) is 42.5 Å². The van der Waals surface area contributed by atoms with Gasteiger partial charge in [-0.15, -0.1) is 0 Å². The molecule has 1 amide bonds. The summed E-state index contributed by atoms with van der Waals surface area (Å²) < 4.78 is 43.1. The Morgan fingerprint density at radius 2 is 1.75 bits per heavy atom. The Hall–Kier alpha value is -2.84. The SMILES string of the molecule is COc1ccc(C(=O)NC(CO)CO)cc1/C=C/c1ccc(C(F)(F)F)cc1. The quantitative estimate of drug-likeness (QED) is 0.630. The van der Waals surface area contributed by atoms with Crippen LogP contribution >= 0.6 is 0 Å². The van der Waals surface area contributed by atoms with Crippen LogP contribution in [0.1, 0.15) is 27.0 Å². The molecule has 0 aliphatic carbocycles. The Kier molecular flexibility index (Phi) is 7.19. The van der Waals surface area contributed by atoms with Crippen molar-refractivity contribution in [1.82, 2.24) is 5.32 Å². The molecule has 5 nitrogen and oxygen atoms in total. The molecule has 8 heteroatoms. The van der Waals surface area contributed by atoms with Gasteiger partial charge in [-0.05, 0) is 35.9 Å². The molecular formula is C20H20F3NO4. The Bertz CT molecular complexity index is 828. The van der Waals surface area contributed by atoms with Gasteiger partial charge in [-0.1, -0.05) is 24.3 Å². The number of halogens is 3. The van der Waals surface area contributed by atoms with E-state index in [2.05, 4.69) is 5.32 Å². The zero-order valence-electron chi connectivity index (χ0n) is 15.0. The van der Waals surface area contributed by atoms with Crippen molar-refractivity contribution in [3.05, 3.63) is 64.7 Å². The molecule has 0 bridgehead atoms. The van der Waals surface area contributed by atoms with Gasteiger partial charge in [0.1, 0.15) is 5.75 Å². The van der Waals surface area contributed by atoms with Crippen LogP contribution in [0.2, 0.25) is 0 Å². The van der Waals surface area contributed by atoms with E-state index in [-0.39, 0.29) is 5.56 Å². The lowest BCUT2D eigenvalue weighted by Gasteiger charge is -2.14. The maximum absolute atomic E-state index is 12.6. The average molecular weight is 395 g/mol. The Balaban J connectivity index is 2.24. The number of aliphatic hydroxyl groups is 2. The van der Waals surface area contributed by atoms with E-state index in [0.717, 1.165) is 12.1 Å². The van der Waals surface area contributed by atoms with E-state index < -0.39 is 36.9 Å². The molecule has 0 unspecified atom stereocenters. The van der Waals surface area contributed by atoms with Crippen molar-refractivity contribution in [3.63, 3.8) is 0 Å². The number of methoxy groups -OCH3 is 1. The van der Waals surface area contributed by atoms with Crippen molar-refractivity contribution >= 4 is 18.1 Å². The van der Waals surface area contributed by atoms with Gasteiger partial charge in [0.2, 0.25) is 0 Å². The summed E-state index contributed by atoms with van der Waals surface area (Å²) >= 11 is 0. The van der Waals surface area contributed by atoms with E-state index in [0.29, 0.717) is 16.9 Å². The molecule has 0 aromatic heterocycles. The fourth-order valence-corrected chi connectivity index (χ4v) is 2.39. The Morgan fingerprint density at radius 1 is 1.11 bits per heavy atom. The van der Waals surface area contributed by atoms with Gasteiger partial charge in [0.05, 0.1) is 31.9 Å². The summed E-state index contributed by atoms with van der Waals surface area (Å²) in [6.45, 7) is -0.807. The second-order valence-corrected chi connectivity index (χ2v) is 5.95. The minimum atomic E-state index is -4.39. The summed E-state index contributed by atoms with van der Waals surface area (Å²) in [5, 5.41) is 20.6. The van der Waals surface area contributed by atoms with Gasteiger partial charge in [-0.3, -0.25) is 4.79 Å².